The summed E-state index contributed by atoms with van der Waals surface area (Å²) in [4.78, 5) is 14.8. The molecule has 31 heavy (non-hydrogen) atoms. The van der Waals surface area contributed by atoms with Gasteiger partial charge in [-0.2, -0.15) is 0 Å². The third-order valence-corrected chi connectivity index (χ3v) is 6.53. The summed E-state index contributed by atoms with van der Waals surface area (Å²) in [7, 11) is -0.865. The highest BCUT2D eigenvalue weighted by atomic mass is 32.2. The zero-order valence-corrected chi connectivity index (χ0v) is 18.2. The van der Waals surface area contributed by atoms with E-state index in [1.54, 1.807) is 6.07 Å². The smallest absolute Gasteiger partial charge is 0.340 e. The Labute approximate surface area is 181 Å². The first-order valence-electron chi connectivity index (χ1n) is 9.74. The number of carbonyl (C=O) groups excluding carboxylic acids is 1. The minimum absolute atomic E-state index is 0.00372. The minimum Gasteiger partial charge on any atom is -0.490 e. The molecule has 8 nitrogen and oxygen atoms in total. The van der Waals surface area contributed by atoms with Gasteiger partial charge in [-0.25, -0.2) is 21.9 Å². The summed E-state index contributed by atoms with van der Waals surface area (Å²) in [5.41, 5.74) is 0.747. The quantitative estimate of drug-likeness (QED) is 0.448. The van der Waals surface area contributed by atoms with Gasteiger partial charge in [0.2, 0.25) is 10.0 Å². The van der Waals surface area contributed by atoms with Gasteiger partial charge in [0.1, 0.15) is 24.8 Å². The first-order valence-corrected chi connectivity index (χ1v) is 11.2. The molecule has 0 unspecified atom stereocenters. The van der Waals surface area contributed by atoms with Crippen molar-refractivity contribution in [3.8, 4) is 5.75 Å². The zero-order valence-electron chi connectivity index (χ0n) is 17.4. The van der Waals surface area contributed by atoms with E-state index in [0.29, 0.717) is 37.7 Å². The predicted octanol–water partition coefficient (Wildman–Crippen LogP) is 2.15. The third kappa shape index (κ3) is 5.72. The molecule has 1 aliphatic heterocycles. The Bertz CT molecular complexity index is 1010. The van der Waals surface area contributed by atoms with Gasteiger partial charge < -0.3 is 19.1 Å². The van der Waals surface area contributed by atoms with Crippen LogP contribution in [0.3, 0.4) is 0 Å². The number of morpholine rings is 1. The number of ether oxygens (including phenoxy) is 3. The lowest BCUT2D eigenvalue weighted by Crippen LogP contribution is -2.37. The highest BCUT2D eigenvalue weighted by Crippen LogP contribution is 2.27. The summed E-state index contributed by atoms with van der Waals surface area (Å²) >= 11 is 0. The van der Waals surface area contributed by atoms with Gasteiger partial charge >= 0.3 is 5.97 Å². The van der Waals surface area contributed by atoms with E-state index in [1.165, 1.54) is 50.5 Å². The molecule has 168 valence electrons. The number of carbonyl (C=O) groups is 1. The molecular formula is C21H25FN2O6S. The zero-order chi connectivity index (χ0) is 22.4. The van der Waals surface area contributed by atoms with E-state index < -0.39 is 16.0 Å². The van der Waals surface area contributed by atoms with Gasteiger partial charge in [0, 0.05) is 27.2 Å². The topological polar surface area (TPSA) is 85.4 Å². The van der Waals surface area contributed by atoms with E-state index in [0.717, 1.165) is 4.31 Å². The van der Waals surface area contributed by atoms with Crippen LogP contribution in [-0.2, 0) is 19.5 Å². The van der Waals surface area contributed by atoms with Crippen LogP contribution in [0.1, 0.15) is 10.4 Å². The Balaban J connectivity index is 1.75. The van der Waals surface area contributed by atoms with Gasteiger partial charge in [0.25, 0.3) is 0 Å². The Hall–Kier alpha value is -2.69. The second kappa shape index (κ2) is 10.1. The van der Waals surface area contributed by atoms with Crippen molar-refractivity contribution in [3.05, 3.63) is 53.8 Å². The maximum Gasteiger partial charge on any atom is 0.340 e. The van der Waals surface area contributed by atoms with Gasteiger partial charge in [-0.05, 0) is 42.5 Å². The lowest BCUT2D eigenvalue weighted by molar-refractivity contribution is 0.0450. The van der Waals surface area contributed by atoms with E-state index in [1.807, 2.05) is 4.90 Å². The molecule has 0 amide bonds. The van der Waals surface area contributed by atoms with Crippen LogP contribution < -0.4 is 9.64 Å². The van der Waals surface area contributed by atoms with Crippen molar-refractivity contribution in [2.45, 2.75) is 4.90 Å². The molecule has 0 N–H and O–H groups in total. The molecule has 0 bridgehead atoms. The molecule has 1 aliphatic rings. The van der Waals surface area contributed by atoms with Crippen molar-refractivity contribution >= 4 is 21.7 Å². The summed E-state index contributed by atoms with van der Waals surface area (Å²) in [6.07, 6.45) is 0. The van der Waals surface area contributed by atoms with Crippen molar-refractivity contribution in [1.82, 2.24) is 4.31 Å². The molecule has 1 heterocycles. The lowest BCUT2D eigenvalue weighted by atomic mass is 10.1. The van der Waals surface area contributed by atoms with Crippen molar-refractivity contribution < 1.29 is 31.8 Å². The predicted molar refractivity (Wildman–Crippen MR) is 113 cm³/mol. The van der Waals surface area contributed by atoms with Crippen LogP contribution in [0.5, 0.6) is 5.75 Å². The van der Waals surface area contributed by atoms with Crippen LogP contribution in [-0.4, -0.2) is 72.3 Å². The molecular weight excluding hydrogens is 427 g/mol. The van der Waals surface area contributed by atoms with Crippen LogP contribution in [0, 0.1) is 5.82 Å². The molecule has 10 heteroatoms. The third-order valence-electron chi connectivity index (χ3n) is 4.72. The number of anilines is 1. The monoisotopic (exact) mass is 452 g/mol. The van der Waals surface area contributed by atoms with Crippen LogP contribution in [0.15, 0.2) is 47.4 Å². The molecule has 0 aliphatic carbocycles. The summed E-state index contributed by atoms with van der Waals surface area (Å²) in [6, 6.07) is 9.93. The highest BCUT2D eigenvalue weighted by molar-refractivity contribution is 7.89. The standard InChI is InChI=1S/C21H25FN2O6S/c1-23(2)31(26,27)18-7-8-20(24-9-11-28-12-10-24)19(15-18)21(25)30-14-13-29-17-5-3-16(22)4-6-17/h3-8,15H,9-14H2,1-2H3. The second-order valence-electron chi connectivity index (χ2n) is 7.00. The fourth-order valence-electron chi connectivity index (χ4n) is 3.03. The summed E-state index contributed by atoms with van der Waals surface area (Å²) in [5, 5.41) is 0. The van der Waals surface area contributed by atoms with E-state index in [-0.39, 0.29) is 29.5 Å². The lowest BCUT2D eigenvalue weighted by Gasteiger charge is -2.30. The van der Waals surface area contributed by atoms with Gasteiger partial charge in [-0.1, -0.05) is 0 Å². The number of halogens is 1. The van der Waals surface area contributed by atoms with Crippen molar-refractivity contribution in [2.24, 2.45) is 0 Å². The molecule has 1 saturated heterocycles. The number of hydrogen-bond donors (Lipinski definition) is 0. The van der Waals surface area contributed by atoms with Gasteiger partial charge in [-0.15, -0.1) is 0 Å². The van der Waals surface area contributed by atoms with E-state index in [2.05, 4.69) is 0 Å². The first-order chi connectivity index (χ1) is 14.8. The molecule has 2 aromatic carbocycles. The number of hydrogen-bond acceptors (Lipinski definition) is 7. The Morgan fingerprint density at radius 2 is 1.77 bits per heavy atom. The summed E-state index contributed by atoms with van der Waals surface area (Å²) < 4.78 is 55.2. The van der Waals surface area contributed by atoms with Crippen molar-refractivity contribution in [1.29, 1.82) is 0 Å². The number of esters is 1. The molecule has 1 fully saturated rings. The van der Waals surface area contributed by atoms with Crippen LogP contribution in [0.2, 0.25) is 0 Å². The molecule has 0 atom stereocenters. The normalized spacial score (nSPS) is 14.5. The van der Waals surface area contributed by atoms with E-state index >= 15 is 0 Å². The maximum atomic E-state index is 12.9. The number of nitrogens with zero attached hydrogens (tertiary/aromatic N) is 2. The van der Waals surface area contributed by atoms with E-state index in [4.69, 9.17) is 14.2 Å². The maximum absolute atomic E-state index is 12.9. The Morgan fingerprint density at radius 1 is 1.10 bits per heavy atom. The fraction of sp³-hybridized carbons (Fsp3) is 0.381. The number of benzene rings is 2. The van der Waals surface area contributed by atoms with E-state index in [9.17, 15) is 17.6 Å². The molecule has 0 aromatic heterocycles. The van der Waals surface area contributed by atoms with Gasteiger partial charge in [0.15, 0.2) is 0 Å². The van der Waals surface area contributed by atoms with Gasteiger partial charge in [-0.3, -0.25) is 0 Å². The Kier molecular flexibility index (Phi) is 7.47. The molecule has 0 saturated carbocycles. The van der Waals surface area contributed by atoms with Crippen LogP contribution in [0.25, 0.3) is 0 Å². The average molecular weight is 453 g/mol. The van der Waals surface area contributed by atoms with Crippen molar-refractivity contribution in [2.75, 3.05) is 58.5 Å². The van der Waals surface area contributed by atoms with Crippen LogP contribution in [0.4, 0.5) is 10.1 Å². The molecule has 2 aromatic rings. The number of sulfonamides is 1. The van der Waals surface area contributed by atoms with Gasteiger partial charge in [0.05, 0.1) is 29.4 Å². The second-order valence-corrected chi connectivity index (χ2v) is 9.16. The Morgan fingerprint density at radius 3 is 2.42 bits per heavy atom. The van der Waals surface area contributed by atoms with Crippen molar-refractivity contribution in [3.63, 3.8) is 0 Å². The first kappa shape index (κ1) is 23.0. The average Bonchev–Trinajstić information content (AvgIpc) is 2.77. The minimum atomic E-state index is -3.72. The summed E-state index contributed by atoms with van der Waals surface area (Å²) in [6.45, 7) is 2.19. The molecule has 3 rings (SSSR count). The summed E-state index contributed by atoms with van der Waals surface area (Å²) in [5.74, 6) is -0.576. The molecule has 0 radical (unpaired) electrons. The van der Waals surface area contributed by atoms with Crippen LogP contribution >= 0.6 is 0 Å². The molecule has 0 spiro atoms. The highest BCUT2D eigenvalue weighted by Gasteiger charge is 2.25. The number of rotatable bonds is 8. The SMILES string of the molecule is CN(C)S(=O)(=O)c1ccc(N2CCOCC2)c(C(=O)OCCOc2ccc(F)cc2)c1. The fourth-order valence-corrected chi connectivity index (χ4v) is 3.96. The largest absolute Gasteiger partial charge is 0.490 e.